The van der Waals surface area contributed by atoms with Gasteiger partial charge < -0.3 is 4.42 Å². The molecule has 0 aliphatic carbocycles. The third-order valence-corrected chi connectivity index (χ3v) is 4.50. The van der Waals surface area contributed by atoms with Gasteiger partial charge >= 0.3 is 0 Å². The van der Waals surface area contributed by atoms with Crippen LogP contribution in [0.15, 0.2) is 52.5 Å². The molecule has 0 unspecified atom stereocenters. The van der Waals surface area contributed by atoms with Gasteiger partial charge in [0.2, 0.25) is 5.89 Å². The minimum absolute atomic E-state index is 0.698. The zero-order chi connectivity index (χ0) is 15.4. The Balaban J connectivity index is 1.68. The summed E-state index contributed by atoms with van der Waals surface area (Å²) in [7, 11) is 0. The van der Waals surface area contributed by atoms with E-state index in [-0.39, 0.29) is 0 Å². The highest BCUT2D eigenvalue weighted by molar-refractivity contribution is 7.13. The number of rotatable bonds is 6. The molecule has 3 rings (SSSR count). The van der Waals surface area contributed by atoms with E-state index in [0.29, 0.717) is 5.89 Å². The third kappa shape index (κ3) is 3.77. The average molecular weight is 333 g/mol. The molecule has 0 amide bonds. The molecule has 1 aromatic carbocycles. The fraction of sp³-hybridized carbons (Fsp3) is 0.235. The molecule has 3 aromatic rings. The smallest absolute Gasteiger partial charge is 0.236 e. The number of hydrogen-bond acceptors (Lipinski definition) is 4. The molecule has 0 bridgehead atoms. The highest BCUT2D eigenvalue weighted by Crippen LogP contribution is 2.24. The van der Waals surface area contributed by atoms with E-state index in [0.717, 1.165) is 35.2 Å². The minimum Gasteiger partial charge on any atom is -0.444 e. The van der Waals surface area contributed by atoms with Gasteiger partial charge in [-0.25, -0.2) is 4.98 Å². The molecule has 0 saturated carbocycles. The summed E-state index contributed by atoms with van der Waals surface area (Å²) in [5, 5.41) is 2.80. The monoisotopic (exact) mass is 332 g/mol. The summed E-state index contributed by atoms with van der Waals surface area (Å²) in [6, 6.07) is 12.0. The van der Waals surface area contributed by atoms with Gasteiger partial charge in [0, 0.05) is 18.1 Å². The maximum Gasteiger partial charge on any atom is 0.236 e. The van der Waals surface area contributed by atoms with Crippen LogP contribution in [0.4, 0.5) is 0 Å². The molecule has 0 atom stereocenters. The van der Waals surface area contributed by atoms with Crippen molar-refractivity contribution in [3.05, 3.63) is 64.3 Å². The van der Waals surface area contributed by atoms with Crippen LogP contribution >= 0.6 is 22.9 Å². The predicted octanol–water partition coefficient (Wildman–Crippen LogP) is 5.08. The standard InChI is InChI=1S/C17H17ClN2OS/c1-2-20(10-13-5-3-6-14(18)9-13)11-15-12-21-17(19-15)16-7-4-8-22-16/h3-9,12H,2,10-11H2,1H3. The van der Waals surface area contributed by atoms with Gasteiger partial charge in [-0.3, -0.25) is 4.90 Å². The molecule has 2 heterocycles. The lowest BCUT2D eigenvalue weighted by atomic mass is 10.2. The quantitative estimate of drug-likeness (QED) is 0.630. The van der Waals surface area contributed by atoms with Gasteiger partial charge in [0.05, 0.1) is 10.6 Å². The van der Waals surface area contributed by atoms with E-state index in [1.807, 2.05) is 35.7 Å². The molecule has 0 aliphatic rings. The second kappa shape index (κ2) is 7.09. The molecule has 0 aliphatic heterocycles. The Kier molecular flexibility index (Phi) is 4.93. The molecular weight excluding hydrogens is 316 g/mol. The summed E-state index contributed by atoms with van der Waals surface area (Å²) in [4.78, 5) is 7.94. The van der Waals surface area contributed by atoms with E-state index in [1.54, 1.807) is 17.6 Å². The molecule has 0 spiro atoms. The van der Waals surface area contributed by atoms with Crippen LogP contribution in [-0.2, 0) is 13.1 Å². The zero-order valence-electron chi connectivity index (χ0n) is 12.3. The number of benzene rings is 1. The molecule has 22 heavy (non-hydrogen) atoms. The van der Waals surface area contributed by atoms with Crippen LogP contribution < -0.4 is 0 Å². The van der Waals surface area contributed by atoms with Crippen LogP contribution in [0.1, 0.15) is 18.2 Å². The lowest BCUT2D eigenvalue weighted by Gasteiger charge is -2.19. The summed E-state index contributed by atoms with van der Waals surface area (Å²) in [5.74, 6) is 0.698. The van der Waals surface area contributed by atoms with Gasteiger partial charge in [0.25, 0.3) is 0 Å². The molecular formula is C17H17ClN2OS. The Morgan fingerprint density at radius 2 is 2.14 bits per heavy atom. The maximum absolute atomic E-state index is 6.05. The fourth-order valence-electron chi connectivity index (χ4n) is 2.30. The highest BCUT2D eigenvalue weighted by Gasteiger charge is 2.11. The van der Waals surface area contributed by atoms with E-state index in [1.165, 1.54) is 5.56 Å². The Morgan fingerprint density at radius 1 is 1.23 bits per heavy atom. The SMILES string of the molecule is CCN(Cc1cccc(Cl)c1)Cc1coc(-c2cccs2)n1. The molecule has 0 N–H and O–H groups in total. The summed E-state index contributed by atoms with van der Waals surface area (Å²) >= 11 is 7.68. The zero-order valence-corrected chi connectivity index (χ0v) is 13.9. The van der Waals surface area contributed by atoms with Gasteiger partial charge in [-0.1, -0.05) is 36.7 Å². The molecule has 0 saturated heterocycles. The van der Waals surface area contributed by atoms with Crippen LogP contribution in [0.2, 0.25) is 5.02 Å². The van der Waals surface area contributed by atoms with Crippen molar-refractivity contribution in [1.82, 2.24) is 9.88 Å². The van der Waals surface area contributed by atoms with Crippen molar-refractivity contribution in [2.24, 2.45) is 0 Å². The molecule has 114 valence electrons. The van der Waals surface area contributed by atoms with E-state index >= 15 is 0 Å². The van der Waals surface area contributed by atoms with E-state index in [2.05, 4.69) is 22.9 Å². The topological polar surface area (TPSA) is 29.3 Å². The van der Waals surface area contributed by atoms with Gasteiger partial charge in [-0.15, -0.1) is 11.3 Å². The molecule has 2 aromatic heterocycles. The Labute approximate surface area is 139 Å². The van der Waals surface area contributed by atoms with E-state index < -0.39 is 0 Å². The highest BCUT2D eigenvalue weighted by atomic mass is 35.5. The van der Waals surface area contributed by atoms with Gasteiger partial charge in [-0.05, 0) is 35.7 Å². The number of halogens is 1. The van der Waals surface area contributed by atoms with Crippen molar-refractivity contribution in [3.63, 3.8) is 0 Å². The minimum atomic E-state index is 0.698. The van der Waals surface area contributed by atoms with Gasteiger partial charge in [0.15, 0.2) is 0 Å². The summed E-state index contributed by atoms with van der Waals surface area (Å²) < 4.78 is 5.58. The predicted molar refractivity (Wildman–Crippen MR) is 91.1 cm³/mol. The normalized spacial score (nSPS) is 11.2. The van der Waals surface area contributed by atoms with Crippen molar-refractivity contribution >= 4 is 22.9 Å². The molecule has 3 nitrogen and oxygen atoms in total. The van der Waals surface area contributed by atoms with Crippen molar-refractivity contribution in [2.75, 3.05) is 6.54 Å². The second-order valence-corrected chi connectivity index (χ2v) is 6.44. The first-order valence-corrected chi connectivity index (χ1v) is 8.45. The number of hydrogen-bond donors (Lipinski definition) is 0. The van der Waals surface area contributed by atoms with Crippen molar-refractivity contribution < 1.29 is 4.42 Å². The maximum atomic E-state index is 6.05. The molecule has 0 fully saturated rings. The van der Waals surface area contributed by atoms with Crippen LogP contribution in [-0.4, -0.2) is 16.4 Å². The first kappa shape index (κ1) is 15.3. The van der Waals surface area contributed by atoms with Crippen molar-refractivity contribution in [2.45, 2.75) is 20.0 Å². The first-order chi connectivity index (χ1) is 10.7. The largest absolute Gasteiger partial charge is 0.444 e. The lowest BCUT2D eigenvalue weighted by molar-refractivity contribution is 0.268. The van der Waals surface area contributed by atoms with Crippen LogP contribution in [0, 0.1) is 0 Å². The third-order valence-electron chi connectivity index (χ3n) is 3.41. The Morgan fingerprint density at radius 3 is 2.86 bits per heavy atom. The van der Waals surface area contributed by atoms with Gasteiger partial charge in [0.1, 0.15) is 6.26 Å². The number of nitrogens with zero attached hydrogens (tertiary/aromatic N) is 2. The average Bonchev–Trinajstić information content (AvgIpc) is 3.17. The lowest BCUT2D eigenvalue weighted by Crippen LogP contribution is -2.22. The number of oxazole rings is 1. The number of aromatic nitrogens is 1. The Hall–Kier alpha value is -1.62. The van der Waals surface area contributed by atoms with Crippen molar-refractivity contribution in [3.8, 4) is 10.8 Å². The van der Waals surface area contributed by atoms with E-state index in [9.17, 15) is 0 Å². The number of thiophene rings is 1. The summed E-state index contributed by atoms with van der Waals surface area (Å²) in [5.41, 5.74) is 2.16. The van der Waals surface area contributed by atoms with Crippen LogP contribution in [0.3, 0.4) is 0 Å². The first-order valence-electron chi connectivity index (χ1n) is 7.19. The summed E-state index contributed by atoms with van der Waals surface area (Å²) in [6.45, 7) is 4.69. The molecule has 0 radical (unpaired) electrons. The van der Waals surface area contributed by atoms with Gasteiger partial charge in [-0.2, -0.15) is 0 Å². The summed E-state index contributed by atoms with van der Waals surface area (Å²) in [6.07, 6.45) is 1.75. The van der Waals surface area contributed by atoms with Crippen LogP contribution in [0.5, 0.6) is 0 Å². The van der Waals surface area contributed by atoms with E-state index in [4.69, 9.17) is 16.0 Å². The molecule has 5 heteroatoms. The van der Waals surface area contributed by atoms with Crippen LogP contribution in [0.25, 0.3) is 10.8 Å². The second-order valence-electron chi connectivity index (χ2n) is 5.05. The van der Waals surface area contributed by atoms with Crippen molar-refractivity contribution in [1.29, 1.82) is 0 Å². The Bertz CT molecular complexity index is 724. The fourth-order valence-corrected chi connectivity index (χ4v) is 3.16.